The van der Waals surface area contributed by atoms with Crippen LogP contribution in [0.1, 0.15) is 25.3 Å². The van der Waals surface area contributed by atoms with Crippen molar-refractivity contribution in [3.63, 3.8) is 0 Å². The zero-order valence-electron chi connectivity index (χ0n) is 12.6. The lowest BCUT2D eigenvalue weighted by Crippen LogP contribution is -2.31. The minimum absolute atomic E-state index is 0.0521. The average Bonchev–Trinajstić information content (AvgIpc) is 2.45. The van der Waals surface area contributed by atoms with Crippen LogP contribution in [0, 0.1) is 0 Å². The monoisotopic (exact) mass is 302 g/mol. The number of benzene rings is 1. The van der Waals surface area contributed by atoms with E-state index in [0.29, 0.717) is 17.0 Å². The van der Waals surface area contributed by atoms with Crippen molar-refractivity contribution < 1.29 is 19.8 Å². The highest BCUT2D eigenvalue weighted by molar-refractivity contribution is 5.98. The number of rotatable bonds is 4. The van der Waals surface area contributed by atoms with Crippen molar-refractivity contribution in [2.75, 3.05) is 12.4 Å². The molecule has 116 valence electrons. The molecule has 4 N–H and O–H groups in total. The number of hydrogen-bond donors (Lipinski definition) is 4. The van der Waals surface area contributed by atoms with Crippen molar-refractivity contribution in [1.82, 2.24) is 5.32 Å². The molecule has 0 saturated carbocycles. The Bertz CT molecular complexity index is 668. The molecule has 0 bridgehead atoms. The van der Waals surface area contributed by atoms with E-state index in [0.717, 1.165) is 5.69 Å². The first-order chi connectivity index (χ1) is 10.4. The van der Waals surface area contributed by atoms with Gasteiger partial charge in [0.2, 0.25) is 0 Å². The predicted molar refractivity (Wildman–Crippen MR) is 82.5 cm³/mol. The first-order valence-corrected chi connectivity index (χ1v) is 6.79. The van der Waals surface area contributed by atoms with Crippen LogP contribution in [-0.4, -0.2) is 29.2 Å². The summed E-state index contributed by atoms with van der Waals surface area (Å²) < 4.78 is 0. The number of dihydropyridines is 1. The molecule has 6 heteroatoms. The van der Waals surface area contributed by atoms with E-state index in [1.807, 2.05) is 6.07 Å². The molecule has 2 rings (SSSR count). The van der Waals surface area contributed by atoms with Gasteiger partial charge in [0.25, 0.3) is 0 Å². The zero-order valence-corrected chi connectivity index (χ0v) is 12.6. The summed E-state index contributed by atoms with van der Waals surface area (Å²) in [5.74, 6) is -3.07. The molecule has 0 saturated heterocycles. The van der Waals surface area contributed by atoms with E-state index < -0.39 is 17.9 Å². The maximum Gasteiger partial charge on any atom is 0.334 e. The Morgan fingerprint density at radius 2 is 1.64 bits per heavy atom. The van der Waals surface area contributed by atoms with Crippen LogP contribution in [0.4, 0.5) is 5.69 Å². The van der Waals surface area contributed by atoms with E-state index in [2.05, 4.69) is 10.6 Å². The van der Waals surface area contributed by atoms with Gasteiger partial charge >= 0.3 is 11.9 Å². The predicted octanol–water partition coefficient (Wildman–Crippen LogP) is 2.13. The summed E-state index contributed by atoms with van der Waals surface area (Å²) in [6.07, 6.45) is 0. The van der Waals surface area contributed by atoms with Crippen molar-refractivity contribution in [3.05, 3.63) is 52.4 Å². The average molecular weight is 302 g/mol. The summed E-state index contributed by atoms with van der Waals surface area (Å²) in [4.78, 5) is 23.3. The molecule has 22 heavy (non-hydrogen) atoms. The molecule has 0 atom stereocenters. The fourth-order valence-corrected chi connectivity index (χ4v) is 2.77. The second-order valence-corrected chi connectivity index (χ2v) is 5.12. The molecule has 1 aromatic carbocycles. The summed E-state index contributed by atoms with van der Waals surface area (Å²) in [7, 11) is 1.75. The molecule has 0 radical (unpaired) electrons. The topological polar surface area (TPSA) is 98.7 Å². The molecule has 1 aliphatic rings. The smallest absolute Gasteiger partial charge is 0.334 e. The highest BCUT2D eigenvalue weighted by atomic mass is 16.4. The van der Waals surface area contributed by atoms with Gasteiger partial charge in [0.15, 0.2) is 0 Å². The van der Waals surface area contributed by atoms with Crippen molar-refractivity contribution in [2.24, 2.45) is 0 Å². The van der Waals surface area contributed by atoms with Gasteiger partial charge in [0, 0.05) is 24.1 Å². The Labute approximate surface area is 128 Å². The Balaban J connectivity index is 2.69. The van der Waals surface area contributed by atoms with Crippen molar-refractivity contribution in [3.8, 4) is 0 Å². The third kappa shape index (κ3) is 2.67. The zero-order chi connectivity index (χ0) is 16.4. The number of nitrogens with one attached hydrogen (secondary N) is 2. The second kappa shape index (κ2) is 5.93. The second-order valence-electron chi connectivity index (χ2n) is 5.12. The van der Waals surface area contributed by atoms with E-state index in [1.165, 1.54) is 0 Å². The number of allylic oxidation sites excluding steroid dienone is 2. The quantitative estimate of drug-likeness (QED) is 0.680. The molecular weight excluding hydrogens is 284 g/mol. The Kier molecular flexibility index (Phi) is 4.21. The number of carbonyl (C=O) groups is 2. The van der Waals surface area contributed by atoms with Gasteiger partial charge in [0.1, 0.15) is 0 Å². The van der Waals surface area contributed by atoms with Crippen LogP contribution in [0.5, 0.6) is 0 Å². The summed E-state index contributed by atoms with van der Waals surface area (Å²) in [6, 6.07) is 7.11. The lowest BCUT2D eigenvalue weighted by Gasteiger charge is -2.29. The molecule has 0 aliphatic carbocycles. The molecule has 0 fully saturated rings. The maximum atomic E-state index is 11.6. The molecule has 0 spiro atoms. The summed E-state index contributed by atoms with van der Waals surface area (Å²) >= 11 is 0. The van der Waals surface area contributed by atoms with E-state index in [1.54, 1.807) is 39.1 Å². The number of aliphatic carboxylic acids is 2. The summed E-state index contributed by atoms with van der Waals surface area (Å²) in [5, 5.41) is 24.9. The van der Waals surface area contributed by atoms with Crippen LogP contribution in [0.2, 0.25) is 0 Å². The van der Waals surface area contributed by atoms with Crippen LogP contribution in [-0.2, 0) is 9.59 Å². The molecule has 1 aromatic rings. The minimum atomic E-state index is -1.13. The first kappa shape index (κ1) is 15.6. The van der Waals surface area contributed by atoms with Crippen LogP contribution in [0.15, 0.2) is 46.8 Å². The fourth-order valence-electron chi connectivity index (χ4n) is 2.77. The van der Waals surface area contributed by atoms with Gasteiger partial charge in [0.05, 0.1) is 17.1 Å². The third-order valence-electron chi connectivity index (χ3n) is 3.73. The van der Waals surface area contributed by atoms with E-state index in [9.17, 15) is 19.8 Å². The highest BCUT2D eigenvalue weighted by Gasteiger charge is 2.36. The van der Waals surface area contributed by atoms with Crippen LogP contribution in [0.25, 0.3) is 0 Å². The summed E-state index contributed by atoms with van der Waals surface area (Å²) in [6.45, 7) is 3.28. The maximum absolute atomic E-state index is 11.6. The Hall–Kier alpha value is -2.76. The van der Waals surface area contributed by atoms with Crippen LogP contribution in [0.3, 0.4) is 0 Å². The standard InChI is InChI=1S/C16H18N2O4/c1-8-12(15(19)20)14(13(16(21)22)9(2)18-8)10-5-4-6-11(7-10)17-3/h4-7,14,17-18H,1-3H3,(H,19,20)(H,21,22). The van der Waals surface area contributed by atoms with E-state index in [4.69, 9.17) is 0 Å². The number of anilines is 1. The third-order valence-corrected chi connectivity index (χ3v) is 3.73. The van der Waals surface area contributed by atoms with Gasteiger partial charge in [-0.05, 0) is 31.5 Å². The number of hydrogen-bond acceptors (Lipinski definition) is 4. The molecule has 6 nitrogen and oxygen atoms in total. The van der Waals surface area contributed by atoms with Crippen LogP contribution >= 0.6 is 0 Å². The van der Waals surface area contributed by atoms with Crippen molar-refractivity contribution >= 4 is 17.6 Å². The van der Waals surface area contributed by atoms with Gasteiger partial charge < -0.3 is 20.8 Å². The van der Waals surface area contributed by atoms with Crippen LogP contribution < -0.4 is 10.6 Å². The fraction of sp³-hybridized carbons (Fsp3) is 0.250. The first-order valence-electron chi connectivity index (χ1n) is 6.79. The molecule has 1 heterocycles. The lowest BCUT2D eigenvalue weighted by molar-refractivity contribution is -0.133. The van der Waals surface area contributed by atoms with Gasteiger partial charge in [-0.1, -0.05) is 12.1 Å². The van der Waals surface area contributed by atoms with E-state index in [-0.39, 0.29) is 11.1 Å². The normalized spacial score (nSPS) is 15.6. The highest BCUT2D eigenvalue weighted by Crippen LogP contribution is 2.38. The lowest BCUT2D eigenvalue weighted by atomic mass is 9.80. The minimum Gasteiger partial charge on any atom is -0.478 e. The molecular formula is C16H18N2O4. The Morgan fingerprint density at radius 3 is 2.09 bits per heavy atom. The SMILES string of the molecule is CNc1cccc(C2C(C(=O)O)=C(C)NC(C)=C2C(=O)O)c1. The number of carboxylic acids is 2. The van der Waals surface area contributed by atoms with Gasteiger partial charge in [-0.2, -0.15) is 0 Å². The molecule has 0 amide bonds. The Morgan fingerprint density at radius 1 is 1.09 bits per heavy atom. The van der Waals surface area contributed by atoms with Crippen molar-refractivity contribution in [2.45, 2.75) is 19.8 Å². The van der Waals surface area contributed by atoms with Crippen molar-refractivity contribution in [1.29, 1.82) is 0 Å². The summed E-state index contributed by atoms with van der Waals surface area (Å²) in [5.41, 5.74) is 2.43. The number of carboxylic acid groups (broad SMARTS) is 2. The largest absolute Gasteiger partial charge is 0.478 e. The van der Waals surface area contributed by atoms with Gasteiger partial charge in [-0.25, -0.2) is 9.59 Å². The molecule has 0 aromatic heterocycles. The molecule has 0 unspecified atom stereocenters. The van der Waals surface area contributed by atoms with E-state index >= 15 is 0 Å². The van der Waals surface area contributed by atoms with Gasteiger partial charge in [-0.15, -0.1) is 0 Å². The molecule has 1 aliphatic heterocycles. The van der Waals surface area contributed by atoms with Gasteiger partial charge in [-0.3, -0.25) is 0 Å².